The summed E-state index contributed by atoms with van der Waals surface area (Å²) in [5.74, 6) is 0. The molecule has 0 aromatic carbocycles. The Hall–Kier alpha value is -1.29. The van der Waals surface area contributed by atoms with Crippen molar-refractivity contribution in [1.29, 1.82) is 0 Å². The van der Waals surface area contributed by atoms with Gasteiger partial charge >= 0.3 is 5.69 Å². The highest BCUT2D eigenvalue weighted by Crippen LogP contribution is 2.00. The topological polar surface area (TPSA) is 54.9 Å². The van der Waals surface area contributed by atoms with Crippen molar-refractivity contribution in [1.82, 2.24) is 9.55 Å². The number of hydrogen-bond donors (Lipinski definition) is 1. The molecule has 0 spiro atoms. The summed E-state index contributed by atoms with van der Waals surface area (Å²) in [7, 11) is 0. The Morgan fingerprint density at radius 2 is 2.29 bits per heavy atom. The molecule has 4 nitrogen and oxygen atoms in total. The van der Waals surface area contributed by atoms with Crippen molar-refractivity contribution in [2.24, 2.45) is 0 Å². The van der Waals surface area contributed by atoms with Crippen LogP contribution in [0.2, 0.25) is 5.02 Å². The smallest absolute Gasteiger partial charge is 0.299 e. The van der Waals surface area contributed by atoms with Crippen LogP contribution in [0.1, 0.15) is 13.3 Å². The lowest BCUT2D eigenvalue weighted by atomic mass is 10.2. The van der Waals surface area contributed by atoms with Gasteiger partial charge in [-0.05, 0) is 13.3 Å². The van der Waals surface area contributed by atoms with E-state index in [0.29, 0.717) is 13.0 Å². The number of rotatable bonds is 3. The maximum absolute atomic E-state index is 11.2. The van der Waals surface area contributed by atoms with Crippen LogP contribution in [0.25, 0.3) is 0 Å². The average Bonchev–Trinajstić information content (AvgIpc) is 2.09. The highest BCUT2D eigenvalue weighted by molar-refractivity contribution is 6.30. The van der Waals surface area contributed by atoms with Crippen molar-refractivity contribution in [3.05, 3.63) is 44.2 Å². The second kappa shape index (κ2) is 4.28. The Kier molecular flexibility index (Phi) is 3.30. The predicted molar refractivity (Wildman–Crippen MR) is 55.8 cm³/mol. The van der Waals surface area contributed by atoms with E-state index in [1.54, 1.807) is 0 Å². The van der Waals surface area contributed by atoms with E-state index in [2.05, 4.69) is 11.6 Å². The van der Waals surface area contributed by atoms with Crippen LogP contribution in [-0.2, 0) is 6.54 Å². The summed E-state index contributed by atoms with van der Waals surface area (Å²) in [6.07, 6.45) is 2.02. The molecule has 0 atom stereocenters. The summed E-state index contributed by atoms with van der Waals surface area (Å²) in [4.78, 5) is 24.3. The van der Waals surface area contributed by atoms with Crippen molar-refractivity contribution in [2.45, 2.75) is 19.9 Å². The molecule has 0 unspecified atom stereocenters. The van der Waals surface area contributed by atoms with Crippen LogP contribution < -0.4 is 11.2 Å². The highest BCUT2D eigenvalue weighted by atomic mass is 35.5. The number of aromatic nitrogens is 2. The van der Waals surface area contributed by atoms with Crippen LogP contribution in [0.5, 0.6) is 0 Å². The molecule has 76 valence electrons. The standard InChI is InChI=1S/C9H11ClN2O2/c1-6(2)3-4-12-5-7(10)8(13)11-9(12)14/h5H,1,3-4H2,2H3,(H,11,13,14). The zero-order chi connectivity index (χ0) is 10.7. The van der Waals surface area contributed by atoms with E-state index in [9.17, 15) is 9.59 Å². The number of nitrogens with one attached hydrogen (secondary N) is 1. The minimum atomic E-state index is -0.553. The summed E-state index contributed by atoms with van der Waals surface area (Å²) in [5.41, 5.74) is -0.0249. The van der Waals surface area contributed by atoms with Crippen molar-refractivity contribution in [3.63, 3.8) is 0 Å². The van der Waals surface area contributed by atoms with Gasteiger partial charge in [0.25, 0.3) is 5.56 Å². The van der Waals surface area contributed by atoms with Gasteiger partial charge in [-0.15, -0.1) is 6.58 Å². The molecule has 1 aromatic heterocycles. The fourth-order valence-corrected chi connectivity index (χ4v) is 1.13. The molecule has 1 N–H and O–H groups in total. The molecular weight excluding hydrogens is 204 g/mol. The fourth-order valence-electron chi connectivity index (χ4n) is 0.960. The van der Waals surface area contributed by atoms with Gasteiger partial charge in [0.15, 0.2) is 0 Å². The zero-order valence-corrected chi connectivity index (χ0v) is 8.60. The minimum absolute atomic E-state index is 0.0197. The normalized spacial score (nSPS) is 10.1. The van der Waals surface area contributed by atoms with Crippen molar-refractivity contribution in [2.75, 3.05) is 0 Å². The second-order valence-corrected chi connectivity index (χ2v) is 3.54. The number of aromatic amines is 1. The number of halogens is 1. The molecule has 0 fully saturated rings. The maximum atomic E-state index is 11.2. The fraction of sp³-hybridized carbons (Fsp3) is 0.333. The molecular formula is C9H11ClN2O2. The van der Waals surface area contributed by atoms with Crippen molar-refractivity contribution >= 4 is 11.6 Å². The van der Waals surface area contributed by atoms with E-state index >= 15 is 0 Å². The van der Waals surface area contributed by atoms with Gasteiger partial charge in [0, 0.05) is 12.7 Å². The Bertz CT molecular complexity index is 459. The zero-order valence-electron chi connectivity index (χ0n) is 7.84. The second-order valence-electron chi connectivity index (χ2n) is 3.14. The summed E-state index contributed by atoms with van der Waals surface area (Å²) < 4.78 is 1.36. The molecule has 0 aliphatic rings. The quantitative estimate of drug-likeness (QED) is 0.768. The largest absolute Gasteiger partial charge is 0.328 e. The van der Waals surface area contributed by atoms with Crippen molar-refractivity contribution < 1.29 is 0 Å². The van der Waals surface area contributed by atoms with E-state index < -0.39 is 11.2 Å². The molecule has 5 heteroatoms. The molecule has 0 aliphatic carbocycles. The molecule has 1 heterocycles. The van der Waals surface area contributed by atoms with Gasteiger partial charge in [-0.2, -0.15) is 0 Å². The third-order valence-corrected chi connectivity index (χ3v) is 2.02. The lowest BCUT2D eigenvalue weighted by Crippen LogP contribution is -2.29. The van der Waals surface area contributed by atoms with Crippen molar-refractivity contribution in [3.8, 4) is 0 Å². The summed E-state index contributed by atoms with van der Waals surface area (Å²) in [5, 5.41) is 0.0197. The Morgan fingerprint density at radius 1 is 1.64 bits per heavy atom. The summed E-state index contributed by atoms with van der Waals surface area (Å²) >= 11 is 5.58. The molecule has 0 amide bonds. The van der Waals surface area contributed by atoms with Gasteiger partial charge in [-0.1, -0.05) is 17.2 Å². The van der Waals surface area contributed by atoms with Crippen LogP contribution in [0.3, 0.4) is 0 Å². The van der Waals surface area contributed by atoms with Gasteiger partial charge in [-0.3, -0.25) is 14.3 Å². The minimum Gasteiger partial charge on any atom is -0.299 e. The summed E-state index contributed by atoms with van der Waals surface area (Å²) in [6, 6.07) is 0. The third-order valence-electron chi connectivity index (χ3n) is 1.75. The number of H-pyrrole nitrogens is 1. The number of allylic oxidation sites excluding steroid dienone is 1. The van der Waals surface area contributed by atoms with Gasteiger partial charge in [0.1, 0.15) is 5.02 Å². The molecule has 0 radical (unpaired) electrons. The van der Waals surface area contributed by atoms with Gasteiger partial charge in [0.2, 0.25) is 0 Å². The first-order valence-corrected chi connectivity index (χ1v) is 4.52. The monoisotopic (exact) mass is 214 g/mol. The van der Waals surface area contributed by atoms with E-state index in [1.165, 1.54) is 10.8 Å². The average molecular weight is 215 g/mol. The molecule has 0 bridgehead atoms. The third kappa shape index (κ3) is 2.60. The van der Waals surface area contributed by atoms with E-state index in [1.807, 2.05) is 6.92 Å². The van der Waals surface area contributed by atoms with Crippen LogP contribution in [-0.4, -0.2) is 9.55 Å². The van der Waals surface area contributed by atoms with E-state index in [4.69, 9.17) is 11.6 Å². The van der Waals surface area contributed by atoms with Crippen LogP contribution in [0.4, 0.5) is 0 Å². The number of nitrogens with zero attached hydrogens (tertiary/aromatic N) is 1. The van der Waals surface area contributed by atoms with Gasteiger partial charge in [0.05, 0.1) is 0 Å². The Labute approximate surface area is 85.8 Å². The molecule has 0 saturated heterocycles. The Morgan fingerprint density at radius 3 is 2.86 bits per heavy atom. The van der Waals surface area contributed by atoms with Gasteiger partial charge in [-0.25, -0.2) is 4.79 Å². The maximum Gasteiger partial charge on any atom is 0.328 e. The molecule has 0 saturated carbocycles. The first kappa shape index (κ1) is 10.8. The van der Waals surface area contributed by atoms with E-state index in [-0.39, 0.29) is 5.02 Å². The molecule has 14 heavy (non-hydrogen) atoms. The Balaban J connectivity index is 2.99. The van der Waals surface area contributed by atoms with Crippen LogP contribution in [0.15, 0.2) is 27.9 Å². The van der Waals surface area contributed by atoms with E-state index in [0.717, 1.165) is 5.57 Å². The molecule has 1 aromatic rings. The number of aryl methyl sites for hydroxylation is 1. The highest BCUT2D eigenvalue weighted by Gasteiger charge is 2.01. The molecule has 0 aliphatic heterocycles. The van der Waals surface area contributed by atoms with Crippen LogP contribution in [0, 0.1) is 0 Å². The first-order valence-electron chi connectivity index (χ1n) is 4.14. The molecule has 1 rings (SSSR count). The lowest BCUT2D eigenvalue weighted by molar-refractivity contribution is 0.643. The number of hydrogen-bond acceptors (Lipinski definition) is 2. The lowest BCUT2D eigenvalue weighted by Gasteiger charge is -2.04. The SMILES string of the molecule is C=C(C)CCn1cc(Cl)c(=O)[nH]c1=O. The summed E-state index contributed by atoms with van der Waals surface area (Å²) in [6.45, 7) is 6.07. The predicted octanol–water partition coefficient (Wildman–Crippen LogP) is 1.16. The van der Waals surface area contributed by atoms with Crippen LogP contribution >= 0.6 is 11.6 Å². The van der Waals surface area contributed by atoms with Gasteiger partial charge < -0.3 is 0 Å². The first-order chi connectivity index (χ1) is 6.50.